The Morgan fingerprint density at radius 1 is 1.37 bits per heavy atom. The Balaban J connectivity index is 1.58. The summed E-state index contributed by atoms with van der Waals surface area (Å²) in [6, 6.07) is 5.57. The van der Waals surface area contributed by atoms with Crippen LogP contribution in [0.25, 0.3) is 22.0 Å². The maximum absolute atomic E-state index is 12.9. The fraction of sp³-hybridized carbons (Fsp3) is 0.250. The van der Waals surface area contributed by atoms with E-state index in [4.69, 9.17) is 4.74 Å². The smallest absolute Gasteiger partial charge is 0.275 e. The molecule has 0 aliphatic heterocycles. The second-order valence-electron chi connectivity index (χ2n) is 6.44. The van der Waals surface area contributed by atoms with Crippen LogP contribution in [0.15, 0.2) is 42.2 Å². The summed E-state index contributed by atoms with van der Waals surface area (Å²) in [4.78, 5) is 21.7. The lowest BCUT2D eigenvalue weighted by Gasteiger charge is -2.03. The lowest BCUT2D eigenvalue weighted by molar-refractivity contribution is 0.102. The van der Waals surface area contributed by atoms with Crippen molar-refractivity contribution in [3.8, 4) is 22.0 Å². The molecule has 0 spiro atoms. The lowest BCUT2D eigenvalue weighted by atomic mass is 10.2. The van der Waals surface area contributed by atoms with Gasteiger partial charge in [0.05, 0.1) is 35.8 Å². The van der Waals surface area contributed by atoms with E-state index in [0.29, 0.717) is 42.5 Å². The van der Waals surface area contributed by atoms with Crippen LogP contribution in [0.4, 0.5) is 5.69 Å². The Kier molecular flexibility index (Phi) is 5.96. The van der Waals surface area contributed by atoms with Gasteiger partial charge in [-0.15, -0.1) is 11.3 Å². The van der Waals surface area contributed by atoms with Crippen LogP contribution in [0.3, 0.4) is 0 Å². The zero-order valence-electron chi connectivity index (χ0n) is 16.6. The Hall–Kier alpha value is -3.37. The molecule has 30 heavy (non-hydrogen) atoms. The molecule has 1 amide bonds. The number of carbonyl (C=O) groups is 1. The Morgan fingerprint density at radius 3 is 3.00 bits per heavy atom. The van der Waals surface area contributed by atoms with Crippen molar-refractivity contribution in [1.29, 1.82) is 0 Å². The minimum Gasteiger partial charge on any atom is -0.380 e. The summed E-state index contributed by atoms with van der Waals surface area (Å²) in [7, 11) is 0. The van der Waals surface area contributed by atoms with Crippen LogP contribution >= 0.6 is 11.3 Å². The molecule has 0 atom stereocenters. The highest BCUT2D eigenvalue weighted by atomic mass is 32.1. The topological polar surface area (TPSA) is 111 Å². The number of carbonyl (C=O) groups excluding carboxylic acids is 1. The third-order valence-electron chi connectivity index (χ3n) is 4.38. The van der Waals surface area contributed by atoms with Gasteiger partial charge in [-0.05, 0) is 26.0 Å². The maximum Gasteiger partial charge on any atom is 0.275 e. The number of nitrogens with zero attached hydrogens (tertiary/aromatic N) is 5. The van der Waals surface area contributed by atoms with Gasteiger partial charge in [-0.2, -0.15) is 10.2 Å². The van der Waals surface area contributed by atoms with Crippen molar-refractivity contribution in [3.05, 3.63) is 53.6 Å². The number of anilines is 1. The molecule has 0 saturated heterocycles. The summed E-state index contributed by atoms with van der Waals surface area (Å²) < 4.78 is 7.16. The largest absolute Gasteiger partial charge is 0.380 e. The highest BCUT2D eigenvalue weighted by Crippen LogP contribution is 2.28. The van der Waals surface area contributed by atoms with Crippen molar-refractivity contribution in [2.24, 2.45) is 0 Å². The van der Waals surface area contributed by atoms with Crippen LogP contribution in [0, 0.1) is 6.92 Å². The third-order valence-corrected chi connectivity index (χ3v) is 5.26. The van der Waals surface area contributed by atoms with Gasteiger partial charge in [-0.25, -0.2) is 4.98 Å². The third kappa shape index (κ3) is 4.29. The SMILES string of the molecule is CCOCCn1cc(NC(=O)c2csc(-c3c[nH]nc3C)n2)c(-c2ccccn2)n1. The second kappa shape index (κ2) is 8.97. The average molecular weight is 424 g/mol. The Labute approximate surface area is 177 Å². The molecule has 0 radical (unpaired) electrons. The molecule has 2 N–H and O–H groups in total. The fourth-order valence-corrected chi connectivity index (χ4v) is 3.75. The van der Waals surface area contributed by atoms with E-state index < -0.39 is 0 Å². The number of pyridine rings is 1. The van der Waals surface area contributed by atoms with Crippen LogP contribution in [0.5, 0.6) is 0 Å². The van der Waals surface area contributed by atoms with E-state index >= 15 is 0 Å². The van der Waals surface area contributed by atoms with Crippen molar-refractivity contribution >= 4 is 22.9 Å². The predicted molar refractivity (Wildman–Crippen MR) is 114 cm³/mol. The summed E-state index contributed by atoms with van der Waals surface area (Å²) in [5.41, 5.74) is 3.91. The highest BCUT2D eigenvalue weighted by molar-refractivity contribution is 7.13. The molecular formula is C20H21N7O2S. The second-order valence-corrected chi connectivity index (χ2v) is 7.30. The van der Waals surface area contributed by atoms with E-state index in [1.54, 1.807) is 28.7 Å². The molecule has 4 aromatic heterocycles. The van der Waals surface area contributed by atoms with E-state index in [-0.39, 0.29) is 5.91 Å². The van der Waals surface area contributed by atoms with E-state index in [1.165, 1.54) is 11.3 Å². The number of H-pyrrole nitrogens is 1. The fourth-order valence-electron chi connectivity index (χ4n) is 2.88. The van der Waals surface area contributed by atoms with Gasteiger partial charge < -0.3 is 10.1 Å². The van der Waals surface area contributed by atoms with E-state index in [2.05, 4.69) is 30.6 Å². The van der Waals surface area contributed by atoms with Gasteiger partial charge in [0.1, 0.15) is 16.4 Å². The van der Waals surface area contributed by atoms with Crippen LogP contribution in [-0.4, -0.2) is 49.1 Å². The van der Waals surface area contributed by atoms with E-state index in [9.17, 15) is 4.79 Å². The summed E-state index contributed by atoms with van der Waals surface area (Å²) in [5, 5.41) is 16.9. The normalized spacial score (nSPS) is 11.0. The number of hydrogen-bond acceptors (Lipinski definition) is 7. The first-order valence-corrected chi connectivity index (χ1v) is 10.4. The van der Waals surface area contributed by atoms with Crippen LogP contribution in [-0.2, 0) is 11.3 Å². The molecule has 4 heterocycles. The average Bonchev–Trinajstić information content (AvgIpc) is 3.48. The van der Waals surface area contributed by atoms with Crippen molar-refractivity contribution in [3.63, 3.8) is 0 Å². The molecule has 10 heteroatoms. The standard InChI is InChI=1S/C20H21N7O2S/c1-3-29-9-8-27-11-16(18(26-27)15-6-4-5-7-21-15)23-19(28)17-12-30-20(24-17)14-10-22-25-13(14)2/h4-7,10-12H,3,8-9H2,1-2H3,(H,22,25)(H,23,28). The van der Waals surface area contributed by atoms with Gasteiger partial charge in [-0.1, -0.05) is 6.07 Å². The van der Waals surface area contributed by atoms with E-state index in [1.807, 2.05) is 32.0 Å². The van der Waals surface area contributed by atoms with Crippen molar-refractivity contribution in [2.75, 3.05) is 18.5 Å². The number of hydrogen-bond donors (Lipinski definition) is 2. The zero-order chi connectivity index (χ0) is 20.9. The van der Waals surface area contributed by atoms with Gasteiger partial charge in [-0.3, -0.25) is 19.6 Å². The zero-order valence-corrected chi connectivity index (χ0v) is 17.4. The molecule has 0 unspecified atom stereocenters. The summed E-state index contributed by atoms with van der Waals surface area (Å²) in [6.07, 6.45) is 5.26. The predicted octanol–water partition coefficient (Wildman–Crippen LogP) is 3.39. The minimum absolute atomic E-state index is 0.305. The quantitative estimate of drug-likeness (QED) is 0.420. The van der Waals surface area contributed by atoms with Gasteiger partial charge in [0.2, 0.25) is 0 Å². The number of rotatable bonds is 8. The van der Waals surface area contributed by atoms with E-state index in [0.717, 1.165) is 16.3 Å². The molecule has 0 bridgehead atoms. The minimum atomic E-state index is -0.305. The molecule has 0 aliphatic rings. The molecular weight excluding hydrogens is 402 g/mol. The molecule has 0 saturated carbocycles. The lowest BCUT2D eigenvalue weighted by Crippen LogP contribution is -2.12. The van der Waals surface area contributed by atoms with Gasteiger partial charge >= 0.3 is 0 Å². The summed E-state index contributed by atoms with van der Waals surface area (Å²) >= 11 is 1.40. The number of aryl methyl sites for hydroxylation is 1. The molecule has 9 nitrogen and oxygen atoms in total. The number of aromatic nitrogens is 6. The monoisotopic (exact) mass is 423 g/mol. The van der Waals surface area contributed by atoms with Crippen molar-refractivity contribution in [1.82, 2.24) is 29.9 Å². The first-order valence-electron chi connectivity index (χ1n) is 9.50. The number of thiazole rings is 1. The maximum atomic E-state index is 12.9. The molecule has 4 rings (SSSR count). The molecule has 4 aromatic rings. The van der Waals surface area contributed by atoms with Gasteiger partial charge in [0.15, 0.2) is 0 Å². The van der Waals surface area contributed by atoms with Crippen LogP contribution in [0.2, 0.25) is 0 Å². The number of nitrogens with one attached hydrogen (secondary N) is 2. The molecule has 154 valence electrons. The highest BCUT2D eigenvalue weighted by Gasteiger charge is 2.18. The first-order chi connectivity index (χ1) is 14.7. The van der Waals surface area contributed by atoms with Crippen LogP contribution in [0.1, 0.15) is 23.1 Å². The Bertz CT molecular complexity index is 1130. The number of amides is 1. The van der Waals surface area contributed by atoms with Gasteiger partial charge in [0.25, 0.3) is 5.91 Å². The summed E-state index contributed by atoms with van der Waals surface area (Å²) in [5.74, 6) is -0.305. The number of aromatic amines is 1. The van der Waals surface area contributed by atoms with Crippen molar-refractivity contribution in [2.45, 2.75) is 20.4 Å². The van der Waals surface area contributed by atoms with Gasteiger partial charge in [0, 0.05) is 30.6 Å². The number of ether oxygens (including phenoxy) is 1. The molecule has 0 fully saturated rings. The summed E-state index contributed by atoms with van der Waals surface area (Å²) in [6.45, 7) is 5.58. The van der Waals surface area contributed by atoms with Crippen molar-refractivity contribution < 1.29 is 9.53 Å². The Morgan fingerprint density at radius 2 is 2.27 bits per heavy atom. The first kappa shape index (κ1) is 19.9. The molecule has 0 aromatic carbocycles. The molecule has 0 aliphatic carbocycles. The van der Waals surface area contributed by atoms with Crippen LogP contribution < -0.4 is 5.32 Å².